The van der Waals surface area contributed by atoms with Crippen LogP contribution in [0, 0.1) is 5.92 Å². The number of nitrogens with zero attached hydrogens (tertiary/aromatic N) is 1. The molecule has 0 aromatic heterocycles. The predicted molar refractivity (Wildman–Crippen MR) is 155 cm³/mol. The van der Waals surface area contributed by atoms with Gasteiger partial charge >= 0.3 is 0 Å². The van der Waals surface area contributed by atoms with Gasteiger partial charge < -0.3 is 10.1 Å². The third kappa shape index (κ3) is 7.81. The molecule has 3 aromatic carbocycles. The molecule has 1 aliphatic rings. The number of rotatable bonds is 10. The van der Waals surface area contributed by atoms with Crippen LogP contribution in [0.3, 0.4) is 0 Å². The second-order valence-corrected chi connectivity index (χ2v) is 13.7. The quantitative estimate of drug-likeness (QED) is 0.329. The van der Waals surface area contributed by atoms with Crippen molar-refractivity contribution in [2.24, 2.45) is 5.92 Å². The largest absolute Gasteiger partial charge is 0.494 e. The summed E-state index contributed by atoms with van der Waals surface area (Å²) in [6.45, 7) is 2.92. The molecule has 4 rings (SSSR count). The van der Waals surface area contributed by atoms with Gasteiger partial charge in [0.05, 0.1) is 17.3 Å². The summed E-state index contributed by atoms with van der Waals surface area (Å²) in [5.41, 5.74) is 1.57. The Bertz CT molecular complexity index is 1490. The summed E-state index contributed by atoms with van der Waals surface area (Å²) in [7, 11) is -7.30. The van der Waals surface area contributed by atoms with Gasteiger partial charge in [-0.2, -0.15) is 0 Å². The summed E-state index contributed by atoms with van der Waals surface area (Å²) >= 11 is 3.34. The molecule has 0 bridgehead atoms. The number of amides is 1. The van der Waals surface area contributed by atoms with Gasteiger partial charge in [-0.25, -0.2) is 21.1 Å². The third-order valence-electron chi connectivity index (χ3n) is 6.33. The normalized spacial score (nSPS) is 15.0. The number of benzene rings is 3. The summed E-state index contributed by atoms with van der Waals surface area (Å²) in [6.07, 6.45) is 0.813. The smallest absolute Gasteiger partial charge is 0.261 e. The van der Waals surface area contributed by atoms with Crippen LogP contribution in [0.2, 0.25) is 0 Å². The molecular formula is C27H30BrN3O6S2. The molecule has 1 aliphatic heterocycles. The Morgan fingerprint density at radius 1 is 0.897 bits per heavy atom. The van der Waals surface area contributed by atoms with Crippen molar-refractivity contribution in [2.45, 2.75) is 30.4 Å². The van der Waals surface area contributed by atoms with E-state index in [1.165, 1.54) is 28.6 Å². The number of piperidine rings is 1. The van der Waals surface area contributed by atoms with Crippen molar-refractivity contribution in [3.8, 4) is 5.75 Å². The Morgan fingerprint density at radius 3 is 2.08 bits per heavy atom. The lowest BCUT2D eigenvalue weighted by molar-refractivity contribution is -0.120. The standard InChI is InChI=1S/C27H30BrN3O6S2/c1-2-37-25-11-7-24(8-12-25)30-39(35,36)26-13-9-23(10-14-26)29-27(32)21-15-17-31(18-16-21)38(33,34)19-20-3-5-22(28)6-4-20/h3-14,21,30H,2,15-19H2,1H3,(H,29,32). The summed E-state index contributed by atoms with van der Waals surface area (Å²) in [4.78, 5) is 12.9. The Balaban J connectivity index is 1.29. The monoisotopic (exact) mass is 635 g/mol. The molecule has 1 saturated heterocycles. The molecule has 12 heteroatoms. The van der Waals surface area contributed by atoms with Crippen LogP contribution in [-0.2, 0) is 30.6 Å². The van der Waals surface area contributed by atoms with Crippen molar-refractivity contribution in [1.82, 2.24) is 4.31 Å². The maximum atomic E-state index is 12.8. The van der Waals surface area contributed by atoms with Crippen LogP contribution in [0.5, 0.6) is 5.75 Å². The maximum Gasteiger partial charge on any atom is 0.261 e. The van der Waals surface area contributed by atoms with Crippen molar-refractivity contribution in [3.05, 3.63) is 82.8 Å². The number of anilines is 2. The maximum absolute atomic E-state index is 12.8. The van der Waals surface area contributed by atoms with Crippen molar-refractivity contribution in [1.29, 1.82) is 0 Å². The van der Waals surface area contributed by atoms with E-state index >= 15 is 0 Å². The second kappa shape index (κ2) is 12.5. The van der Waals surface area contributed by atoms with Crippen molar-refractivity contribution in [3.63, 3.8) is 0 Å². The lowest BCUT2D eigenvalue weighted by Crippen LogP contribution is -2.41. The number of hydrogen-bond acceptors (Lipinski definition) is 6. The highest BCUT2D eigenvalue weighted by molar-refractivity contribution is 9.10. The molecule has 208 valence electrons. The van der Waals surface area contributed by atoms with Gasteiger partial charge in [0.2, 0.25) is 15.9 Å². The van der Waals surface area contributed by atoms with E-state index in [0.29, 0.717) is 42.1 Å². The molecule has 1 amide bonds. The number of hydrogen-bond donors (Lipinski definition) is 2. The minimum absolute atomic E-state index is 0.0543. The second-order valence-electron chi connectivity index (χ2n) is 9.13. The number of halogens is 1. The van der Waals surface area contributed by atoms with E-state index < -0.39 is 20.0 Å². The predicted octanol–water partition coefficient (Wildman–Crippen LogP) is 4.83. The molecule has 0 unspecified atom stereocenters. The van der Waals surface area contributed by atoms with Crippen molar-refractivity contribution < 1.29 is 26.4 Å². The van der Waals surface area contributed by atoms with Crippen LogP contribution in [0.1, 0.15) is 25.3 Å². The Morgan fingerprint density at radius 2 is 1.49 bits per heavy atom. The molecular weight excluding hydrogens is 606 g/mol. The molecule has 0 atom stereocenters. The lowest BCUT2D eigenvalue weighted by atomic mass is 9.97. The SMILES string of the molecule is CCOc1ccc(NS(=O)(=O)c2ccc(NC(=O)C3CCN(S(=O)(=O)Cc4ccc(Br)cc4)CC3)cc2)cc1. The van der Waals surface area contributed by atoms with E-state index in [1.54, 1.807) is 36.4 Å². The molecule has 0 aliphatic carbocycles. The van der Waals surface area contributed by atoms with E-state index in [9.17, 15) is 21.6 Å². The number of carbonyl (C=O) groups is 1. The van der Waals surface area contributed by atoms with E-state index in [2.05, 4.69) is 26.0 Å². The third-order valence-corrected chi connectivity index (χ3v) is 10.1. The van der Waals surface area contributed by atoms with Gasteiger partial charge in [-0.3, -0.25) is 9.52 Å². The van der Waals surface area contributed by atoms with Gasteiger partial charge in [-0.05, 0) is 86.0 Å². The zero-order chi connectivity index (χ0) is 28.0. The highest BCUT2D eigenvalue weighted by Gasteiger charge is 2.31. The van der Waals surface area contributed by atoms with Crippen LogP contribution in [0.4, 0.5) is 11.4 Å². The molecule has 2 N–H and O–H groups in total. The topological polar surface area (TPSA) is 122 Å². The van der Waals surface area contributed by atoms with Crippen LogP contribution in [-0.4, -0.2) is 46.7 Å². The average molecular weight is 637 g/mol. The summed E-state index contributed by atoms with van der Waals surface area (Å²) < 4.78 is 61.4. The van der Waals surface area contributed by atoms with Crippen molar-refractivity contribution in [2.75, 3.05) is 29.7 Å². The first-order valence-electron chi connectivity index (χ1n) is 12.4. The van der Waals surface area contributed by atoms with E-state index in [0.717, 1.165) is 4.47 Å². The van der Waals surface area contributed by atoms with Gasteiger partial charge in [0.25, 0.3) is 10.0 Å². The lowest BCUT2D eigenvalue weighted by Gasteiger charge is -2.30. The number of ether oxygens (including phenoxy) is 1. The van der Waals surface area contributed by atoms with Gasteiger partial charge in [-0.15, -0.1) is 0 Å². The van der Waals surface area contributed by atoms with Gasteiger partial charge in [-0.1, -0.05) is 28.1 Å². The minimum Gasteiger partial charge on any atom is -0.494 e. The first-order valence-corrected chi connectivity index (χ1v) is 16.3. The summed E-state index contributed by atoms with van der Waals surface area (Å²) in [5.74, 6) is 0.00493. The zero-order valence-electron chi connectivity index (χ0n) is 21.3. The molecule has 1 heterocycles. The molecule has 1 fully saturated rings. The minimum atomic E-state index is -3.82. The van der Waals surface area contributed by atoms with Crippen LogP contribution in [0.25, 0.3) is 0 Å². The molecule has 0 radical (unpaired) electrons. The average Bonchev–Trinajstić information content (AvgIpc) is 2.91. The first-order chi connectivity index (χ1) is 18.6. The zero-order valence-corrected chi connectivity index (χ0v) is 24.6. The van der Waals surface area contributed by atoms with Crippen molar-refractivity contribution >= 4 is 53.3 Å². The van der Waals surface area contributed by atoms with E-state index in [1.807, 2.05) is 19.1 Å². The Labute approximate surface area is 237 Å². The van der Waals surface area contributed by atoms with Crippen LogP contribution in [0.15, 0.2) is 82.2 Å². The number of nitrogens with one attached hydrogen (secondary N) is 2. The molecule has 39 heavy (non-hydrogen) atoms. The first kappa shape index (κ1) is 29.1. The molecule has 9 nitrogen and oxygen atoms in total. The Kier molecular flexibility index (Phi) is 9.31. The van der Waals surface area contributed by atoms with E-state index in [4.69, 9.17) is 4.74 Å². The number of sulfonamides is 2. The van der Waals surface area contributed by atoms with Gasteiger partial charge in [0, 0.05) is 34.9 Å². The fraction of sp³-hybridized carbons (Fsp3) is 0.296. The van der Waals surface area contributed by atoms with Gasteiger partial charge in [0.15, 0.2) is 0 Å². The fourth-order valence-electron chi connectivity index (χ4n) is 4.24. The highest BCUT2D eigenvalue weighted by atomic mass is 79.9. The van der Waals surface area contributed by atoms with Crippen LogP contribution >= 0.6 is 15.9 Å². The van der Waals surface area contributed by atoms with Crippen LogP contribution < -0.4 is 14.8 Å². The van der Waals surface area contributed by atoms with E-state index in [-0.39, 0.29) is 35.6 Å². The molecule has 0 spiro atoms. The molecule has 0 saturated carbocycles. The Hall–Kier alpha value is -2.93. The summed E-state index contributed by atoms with van der Waals surface area (Å²) in [6, 6.07) is 19.7. The number of carbonyl (C=O) groups excluding carboxylic acids is 1. The fourth-order valence-corrected chi connectivity index (χ4v) is 7.13. The highest BCUT2D eigenvalue weighted by Crippen LogP contribution is 2.25. The molecule has 3 aromatic rings. The van der Waals surface area contributed by atoms with Gasteiger partial charge in [0.1, 0.15) is 5.75 Å². The summed E-state index contributed by atoms with van der Waals surface area (Å²) in [5, 5.41) is 2.82.